The molecule has 0 unspecified atom stereocenters. The molecule has 166 valence electrons. The predicted molar refractivity (Wildman–Crippen MR) is 118 cm³/mol. The molecule has 0 aliphatic carbocycles. The zero-order chi connectivity index (χ0) is 25.1. The lowest BCUT2D eigenvalue weighted by molar-refractivity contribution is -0.0977. The molecule has 7 nitrogen and oxygen atoms in total. The molecule has 0 bridgehead atoms. The molecule has 1 fully saturated rings. The summed E-state index contributed by atoms with van der Waals surface area (Å²) >= 11 is 0. The summed E-state index contributed by atoms with van der Waals surface area (Å²) < 4.78 is 60.9. The molecule has 3 aromatic heterocycles. The monoisotopic (exact) mass is 442 g/mol. The molecule has 0 spiro atoms. The summed E-state index contributed by atoms with van der Waals surface area (Å²) in [5.41, 5.74) is 1.02. The number of aromatic nitrogens is 4. The van der Waals surface area contributed by atoms with Crippen LogP contribution in [0.15, 0.2) is 47.5 Å². The molecule has 9 heteroatoms. The Balaban J connectivity index is 1.83. The van der Waals surface area contributed by atoms with E-state index in [-0.39, 0.29) is 17.5 Å². The Morgan fingerprint density at radius 2 is 2.00 bits per heavy atom. The number of methoxy groups -OCH3 is 1. The van der Waals surface area contributed by atoms with Crippen molar-refractivity contribution in [1.29, 1.82) is 0 Å². The molecule has 1 aliphatic heterocycles. The Labute approximate surface area is 187 Å². The number of benzene rings is 1. The van der Waals surface area contributed by atoms with Crippen molar-refractivity contribution in [2.75, 3.05) is 27.2 Å². The van der Waals surface area contributed by atoms with Crippen LogP contribution in [0.4, 0.5) is 8.78 Å². The highest BCUT2D eigenvalue weighted by atomic mass is 19.3. The van der Waals surface area contributed by atoms with Gasteiger partial charge in [0.25, 0.3) is 5.92 Å². The van der Waals surface area contributed by atoms with Gasteiger partial charge in [-0.25, -0.2) is 18.6 Å². The Bertz CT molecular complexity index is 1480. The summed E-state index contributed by atoms with van der Waals surface area (Å²) in [4.78, 5) is 23.5. The van der Waals surface area contributed by atoms with Crippen LogP contribution in [0.3, 0.4) is 0 Å². The van der Waals surface area contributed by atoms with Gasteiger partial charge in [-0.1, -0.05) is 6.07 Å². The summed E-state index contributed by atoms with van der Waals surface area (Å²) in [6.45, 7) is -3.05. The van der Waals surface area contributed by atoms with Crippen LogP contribution in [-0.2, 0) is 6.98 Å². The van der Waals surface area contributed by atoms with E-state index in [2.05, 4.69) is 9.97 Å². The van der Waals surface area contributed by atoms with Crippen molar-refractivity contribution >= 4 is 21.9 Å². The number of piperidine rings is 1. The second kappa shape index (κ2) is 7.37. The van der Waals surface area contributed by atoms with Gasteiger partial charge < -0.3 is 9.64 Å². The first-order chi connectivity index (χ1) is 16.5. The Morgan fingerprint density at radius 1 is 1.19 bits per heavy atom. The van der Waals surface area contributed by atoms with E-state index in [9.17, 15) is 4.79 Å². The van der Waals surface area contributed by atoms with E-state index in [1.54, 1.807) is 43.6 Å². The van der Waals surface area contributed by atoms with Gasteiger partial charge in [0.05, 0.1) is 36.4 Å². The number of ether oxygens (including phenoxy) is 1. The summed E-state index contributed by atoms with van der Waals surface area (Å²) in [5.74, 6) is -2.80. The summed E-state index contributed by atoms with van der Waals surface area (Å²) in [6, 6.07) is 7.24. The van der Waals surface area contributed by atoms with Gasteiger partial charge in [-0.05, 0) is 37.2 Å². The van der Waals surface area contributed by atoms with Crippen molar-refractivity contribution in [1.82, 2.24) is 24.0 Å². The van der Waals surface area contributed by atoms with Crippen molar-refractivity contribution in [3.05, 3.63) is 53.2 Å². The topological polar surface area (TPSA) is 65.2 Å². The Kier molecular flexibility index (Phi) is 3.97. The fraction of sp³-hybridized carbons (Fsp3) is 0.348. The van der Waals surface area contributed by atoms with Crippen LogP contribution in [0.1, 0.15) is 16.6 Å². The lowest BCUT2D eigenvalue weighted by Gasteiger charge is -2.37. The second-order valence-electron chi connectivity index (χ2n) is 8.10. The highest BCUT2D eigenvalue weighted by molar-refractivity contribution is 6.04. The number of fused-ring (bicyclic) bond motifs is 3. The number of likely N-dealkylation sites (tertiary alicyclic amines) is 1. The average Bonchev–Trinajstić information content (AvgIpc) is 3.10. The van der Waals surface area contributed by atoms with Crippen molar-refractivity contribution < 1.29 is 17.6 Å². The number of halogens is 2. The lowest BCUT2D eigenvalue weighted by Crippen LogP contribution is -2.49. The zero-order valence-electron chi connectivity index (χ0n) is 20.5. The standard InChI is InChI=1S/C23H23F2N5O2/c1-28-9-8-19(23(24,25)13-28)30-21-16-10-14(15-5-7-20(32-3)27-11-15)4-6-17(16)26-12-18(21)29(2)22(30)31/h4-7,10-12,19H,8-9,13H2,1-3H3/t19-/m1/s1/i2D3. The molecule has 1 saturated heterocycles. The number of imidazole rings is 1. The average molecular weight is 442 g/mol. The molecule has 1 aromatic carbocycles. The molecule has 1 atom stereocenters. The third-order valence-corrected chi connectivity index (χ3v) is 6.04. The molecule has 0 saturated carbocycles. The van der Waals surface area contributed by atoms with Gasteiger partial charge in [0.2, 0.25) is 5.88 Å². The van der Waals surface area contributed by atoms with Crippen LogP contribution in [0, 0.1) is 0 Å². The van der Waals surface area contributed by atoms with Crippen LogP contribution in [0.25, 0.3) is 33.1 Å². The van der Waals surface area contributed by atoms with Gasteiger partial charge in [-0.15, -0.1) is 0 Å². The largest absolute Gasteiger partial charge is 0.481 e. The minimum Gasteiger partial charge on any atom is -0.481 e. The normalized spacial score (nSPS) is 20.8. The van der Waals surface area contributed by atoms with E-state index >= 15 is 8.78 Å². The molecule has 0 N–H and O–H groups in total. The third kappa shape index (κ3) is 3.15. The highest BCUT2D eigenvalue weighted by Crippen LogP contribution is 2.39. The SMILES string of the molecule is [2H]C([2H])([2H])n1c(=O)n([C@@H]2CCN(C)CC2(F)F)c2c3cc(-c4ccc(OC)nc4)ccc3ncc21. The van der Waals surface area contributed by atoms with E-state index in [4.69, 9.17) is 8.85 Å². The van der Waals surface area contributed by atoms with Gasteiger partial charge in [0.15, 0.2) is 0 Å². The molecule has 5 rings (SSSR count). The second-order valence-corrected chi connectivity index (χ2v) is 8.10. The minimum absolute atomic E-state index is 0.00454. The first-order valence-corrected chi connectivity index (χ1v) is 10.1. The zero-order valence-corrected chi connectivity index (χ0v) is 17.5. The molecule has 4 heterocycles. The number of pyridine rings is 2. The molecule has 0 radical (unpaired) electrons. The molecular formula is C23H23F2N5O2. The van der Waals surface area contributed by atoms with Crippen molar-refractivity contribution in [2.45, 2.75) is 18.4 Å². The van der Waals surface area contributed by atoms with Gasteiger partial charge >= 0.3 is 5.69 Å². The van der Waals surface area contributed by atoms with Gasteiger partial charge in [-0.3, -0.25) is 14.1 Å². The van der Waals surface area contributed by atoms with Crippen LogP contribution < -0.4 is 10.4 Å². The number of aryl methyl sites for hydroxylation is 1. The van der Waals surface area contributed by atoms with Crippen molar-refractivity contribution in [3.63, 3.8) is 0 Å². The summed E-state index contributed by atoms with van der Waals surface area (Å²) in [5, 5.41) is 0.408. The van der Waals surface area contributed by atoms with Crippen LogP contribution in [0.5, 0.6) is 5.88 Å². The maximum atomic E-state index is 15.2. The van der Waals surface area contributed by atoms with Crippen LogP contribution in [0.2, 0.25) is 0 Å². The molecule has 1 aliphatic rings. The number of hydrogen-bond donors (Lipinski definition) is 0. The van der Waals surface area contributed by atoms with E-state index in [0.717, 1.165) is 10.1 Å². The van der Waals surface area contributed by atoms with Gasteiger partial charge in [0, 0.05) is 40.8 Å². The van der Waals surface area contributed by atoms with Gasteiger partial charge in [0.1, 0.15) is 6.04 Å². The molecule has 0 amide bonds. The first kappa shape index (κ1) is 17.3. The highest BCUT2D eigenvalue weighted by Gasteiger charge is 2.46. The Morgan fingerprint density at radius 3 is 2.69 bits per heavy atom. The van der Waals surface area contributed by atoms with E-state index in [1.807, 2.05) is 0 Å². The van der Waals surface area contributed by atoms with E-state index < -0.39 is 31.2 Å². The fourth-order valence-electron chi connectivity index (χ4n) is 4.45. The lowest BCUT2D eigenvalue weighted by atomic mass is 10.00. The van der Waals surface area contributed by atoms with Crippen LogP contribution >= 0.6 is 0 Å². The fourth-order valence-corrected chi connectivity index (χ4v) is 4.45. The summed E-state index contributed by atoms with van der Waals surface area (Å²) in [6.07, 6.45) is 2.87. The van der Waals surface area contributed by atoms with E-state index in [1.165, 1.54) is 18.2 Å². The number of hydrogen-bond acceptors (Lipinski definition) is 5. The van der Waals surface area contributed by atoms with E-state index in [0.29, 0.717) is 33.5 Å². The predicted octanol–water partition coefficient (Wildman–Crippen LogP) is 3.47. The smallest absolute Gasteiger partial charge is 0.329 e. The van der Waals surface area contributed by atoms with Gasteiger partial charge in [-0.2, -0.15) is 0 Å². The Hall–Kier alpha value is -3.33. The minimum atomic E-state index is -3.24. The molecule has 4 aromatic rings. The van der Waals surface area contributed by atoms with Crippen molar-refractivity contribution in [3.8, 4) is 17.0 Å². The summed E-state index contributed by atoms with van der Waals surface area (Å²) in [7, 11) is 3.10. The molecule has 32 heavy (non-hydrogen) atoms. The maximum absolute atomic E-state index is 15.2. The number of rotatable bonds is 3. The van der Waals surface area contributed by atoms with Crippen LogP contribution in [-0.4, -0.2) is 57.2 Å². The molecular weight excluding hydrogens is 416 g/mol. The third-order valence-electron chi connectivity index (χ3n) is 6.04. The maximum Gasteiger partial charge on any atom is 0.329 e. The quantitative estimate of drug-likeness (QED) is 0.486. The number of alkyl halides is 2. The van der Waals surface area contributed by atoms with Crippen molar-refractivity contribution in [2.24, 2.45) is 6.98 Å². The first-order valence-electron chi connectivity index (χ1n) is 11.6. The number of nitrogens with zero attached hydrogens (tertiary/aromatic N) is 5.